The second kappa shape index (κ2) is 4.16. The predicted octanol–water partition coefficient (Wildman–Crippen LogP) is 2.23. The maximum atomic E-state index is 13.3. The Kier molecular flexibility index (Phi) is 2.49. The summed E-state index contributed by atoms with van der Waals surface area (Å²) < 4.78 is 14.8. The fourth-order valence-corrected chi connectivity index (χ4v) is 1.93. The highest BCUT2D eigenvalue weighted by molar-refractivity contribution is 5.92. The molecule has 0 aliphatic carbocycles. The van der Waals surface area contributed by atoms with E-state index in [0.717, 1.165) is 0 Å². The Morgan fingerprint density at radius 3 is 2.84 bits per heavy atom. The molecule has 0 radical (unpaired) electrons. The van der Waals surface area contributed by atoms with Crippen LogP contribution in [0.4, 0.5) is 4.39 Å². The number of carboxylic acid groups (broad SMARTS) is 1. The summed E-state index contributed by atoms with van der Waals surface area (Å²) in [7, 11) is 0. The Morgan fingerprint density at radius 2 is 2.11 bits per heavy atom. The van der Waals surface area contributed by atoms with Crippen LogP contribution in [-0.2, 0) is 0 Å². The first-order valence-corrected chi connectivity index (χ1v) is 5.48. The number of imidazole rings is 1. The molecule has 0 amide bonds. The lowest BCUT2D eigenvalue weighted by atomic mass is 10.1. The number of fused-ring (bicyclic) bond motifs is 1. The average Bonchev–Trinajstić information content (AvgIpc) is 2.82. The van der Waals surface area contributed by atoms with Crippen LogP contribution in [0.15, 0.2) is 42.9 Å². The molecular formula is C13H8FN3O2. The van der Waals surface area contributed by atoms with Crippen molar-refractivity contribution in [1.82, 2.24) is 14.4 Å². The zero-order valence-corrected chi connectivity index (χ0v) is 9.62. The summed E-state index contributed by atoms with van der Waals surface area (Å²) in [6.45, 7) is 0. The Labute approximate surface area is 107 Å². The van der Waals surface area contributed by atoms with Crippen LogP contribution in [0.5, 0.6) is 0 Å². The number of carbonyl (C=O) groups is 1. The molecule has 2 aromatic heterocycles. The van der Waals surface area contributed by atoms with Crippen molar-refractivity contribution in [3.05, 3.63) is 54.4 Å². The maximum Gasteiger partial charge on any atom is 0.358 e. The van der Waals surface area contributed by atoms with Crippen LogP contribution in [0.3, 0.4) is 0 Å². The number of hydrogen-bond donors (Lipinski definition) is 1. The van der Waals surface area contributed by atoms with Crippen molar-refractivity contribution in [2.75, 3.05) is 0 Å². The van der Waals surface area contributed by atoms with Crippen LogP contribution in [-0.4, -0.2) is 25.4 Å². The minimum Gasteiger partial charge on any atom is -0.476 e. The summed E-state index contributed by atoms with van der Waals surface area (Å²) >= 11 is 0. The van der Waals surface area contributed by atoms with E-state index in [1.54, 1.807) is 18.2 Å². The van der Waals surface area contributed by atoms with Crippen molar-refractivity contribution >= 4 is 11.6 Å². The van der Waals surface area contributed by atoms with E-state index in [4.69, 9.17) is 5.11 Å². The maximum absolute atomic E-state index is 13.3. The summed E-state index contributed by atoms with van der Waals surface area (Å²) in [5.74, 6) is -1.51. The summed E-state index contributed by atoms with van der Waals surface area (Å²) in [4.78, 5) is 18.8. The second-order valence-electron chi connectivity index (χ2n) is 3.93. The first-order valence-electron chi connectivity index (χ1n) is 5.48. The van der Waals surface area contributed by atoms with Gasteiger partial charge < -0.3 is 5.11 Å². The van der Waals surface area contributed by atoms with E-state index in [1.165, 1.54) is 29.1 Å². The van der Waals surface area contributed by atoms with Crippen LogP contribution >= 0.6 is 0 Å². The van der Waals surface area contributed by atoms with Crippen molar-refractivity contribution in [3.8, 4) is 11.3 Å². The minimum absolute atomic E-state index is 0.127. The number of hydrogen-bond acceptors (Lipinski definition) is 3. The largest absolute Gasteiger partial charge is 0.476 e. The molecule has 1 aromatic carbocycles. The van der Waals surface area contributed by atoms with E-state index in [-0.39, 0.29) is 17.2 Å². The number of nitrogens with zero attached hydrogens (tertiary/aromatic N) is 3. The lowest BCUT2D eigenvalue weighted by molar-refractivity contribution is 0.0693. The number of benzene rings is 1. The van der Waals surface area contributed by atoms with Crippen molar-refractivity contribution in [3.63, 3.8) is 0 Å². The molecule has 3 rings (SSSR count). The predicted molar refractivity (Wildman–Crippen MR) is 65.3 cm³/mol. The SMILES string of the molecule is O=C(O)c1ncn2c(-c3cccc(F)c3)ccnc12. The van der Waals surface area contributed by atoms with Crippen LogP contribution in [0.2, 0.25) is 0 Å². The van der Waals surface area contributed by atoms with Crippen molar-refractivity contribution in [2.24, 2.45) is 0 Å². The van der Waals surface area contributed by atoms with Crippen molar-refractivity contribution in [1.29, 1.82) is 0 Å². The number of aromatic carboxylic acids is 1. The number of rotatable bonds is 2. The molecule has 0 unspecified atom stereocenters. The summed E-state index contributed by atoms with van der Waals surface area (Å²) in [6, 6.07) is 7.72. The molecule has 0 aliphatic rings. The Bertz CT molecular complexity index is 782. The minimum atomic E-state index is -1.15. The molecular weight excluding hydrogens is 249 g/mol. The van der Waals surface area contributed by atoms with Crippen LogP contribution in [0.25, 0.3) is 16.9 Å². The third-order valence-electron chi connectivity index (χ3n) is 2.75. The van der Waals surface area contributed by atoms with Gasteiger partial charge in [0.1, 0.15) is 12.1 Å². The van der Waals surface area contributed by atoms with Gasteiger partial charge in [-0.2, -0.15) is 0 Å². The molecule has 19 heavy (non-hydrogen) atoms. The van der Waals surface area contributed by atoms with Crippen LogP contribution < -0.4 is 0 Å². The first kappa shape index (κ1) is 11.3. The topological polar surface area (TPSA) is 67.5 Å². The molecule has 94 valence electrons. The molecule has 6 heteroatoms. The standard InChI is InChI=1S/C13H8FN3O2/c14-9-3-1-2-8(6-9)10-4-5-15-12-11(13(18)19)16-7-17(10)12/h1-7H,(H,18,19). The second-order valence-corrected chi connectivity index (χ2v) is 3.93. The fourth-order valence-electron chi connectivity index (χ4n) is 1.93. The Balaban J connectivity index is 2.28. The van der Waals surface area contributed by atoms with Gasteiger partial charge in [0, 0.05) is 11.8 Å². The normalized spacial score (nSPS) is 10.8. The Morgan fingerprint density at radius 1 is 1.26 bits per heavy atom. The molecule has 0 spiro atoms. The van der Waals surface area contributed by atoms with Gasteiger partial charge in [-0.05, 0) is 18.2 Å². The van der Waals surface area contributed by atoms with Gasteiger partial charge in [-0.15, -0.1) is 0 Å². The summed E-state index contributed by atoms with van der Waals surface area (Å²) in [5.41, 5.74) is 1.36. The van der Waals surface area contributed by atoms with Gasteiger partial charge in [0.2, 0.25) is 0 Å². The zero-order valence-electron chi connectivity index (χ0n) is 9.62. The van der Waals surface area contributed by atoms with Gasteiger partial charge in [0.15, 0.2) is 11.3 Å². The van der Waals surface area contributed by atoms with E-state index in [1.807, 2.05) is 0 Å². The molecule has 0 bridgehead atoms. The highest BCUT2D eigenvalue weighted by Crippen LogP contribution is 2.21. The summed E-state index contributed by atoms with van der Waals surface area (Å²) in [5, 5.41) is 9.00. The highest BCUT2D eigenvalue weighted by atomic mass is 19.1. The summed E-state index contributed by atoms with van der Waals surface area (Å²) in [6.07, 6.45) is 2.84. The van der Waals surface area contributed by atoms with E-state index in [0.29, 0.717) is 11.3 Å². The molecule has 1 N–H and O–H groups in total. The molecule has 0 saturated heterocycles. The van der Waals surface area contributed by atoms with Gasteiger partial charge in [0.05, 0.1) is 5.69 Å². The molecule has 2 heterocycles. The first-order chi connectivity index (χ1) is 9.16. The monoisotopic (exact) mass is 257 g/mol. The van der Waals surface area contributed by atoms with Gasteiger partial charge in [-0.1, -0.05) is 12.1 Å². The average molecular weight is 257 g/mol. The molecule has 5 nitrogen and oxygen atoms in total. The number of aromatic nitrogens is 3. The van der Waals surface area contributed by atoms with Crippen LogP contribution in [0.1, 0.15) is 10.5 Å². The van der Waals surface area contributed by atoms with E-state index >= 15 is 0 Å². The van der Waals surface area contributed by atoms with Crippen molar-refractivity contribution in [2.45, 2.75) is 0 Å². The molecule has 3 aromatic rings. The number of halogens is 1. The van der Waals surface area contributed by atoms with Gasteiger partial charge in [0.25, 0.3) is 0 Å². The van der Waals surface area contributed by atoms with E-state index in [9.17, 15) is 9.18 Å². The lowest BCUT2D eigenvalue weighted by Crippen LogP contribution is -2.00. The van der Waals surface area contributed by atoms with E-state index in [2.05, 4.69) is 9.97 Å². The molecule has 0 atom stereocenters. The molecule has 0 aliphatic heterocycles. The zero-order chi connectivity index (χ0) is 13.4. The Hall–Kier alpha value is -2.76. The van der Waals surface area contributed by atoms with Crippen LogP contribution in [0, 0.1) is 5.82 Å². The van der Waals surface area contributed by atoms with E-state index < -0.39 is 5.97 Å². The lowest BCUT2D eigenvalue weighted by Gasteiger charge is -2.05. The smallest absolute Gasteiger partial charge is 0.358 e. The van der Waals surface area contributed by atoms with Crippen molar-refractivity contribution < 1.29 is 14.3 Å². The van der Waals surface area contributed by atoms with Gasteiger partial charge >= 0.3 is 5.97 Å². The third kappa shape index (κ3) is 1.83. The molecule has 0 fully saturated rings. The molecule has 0 saturated carbocycles. The van der Waals surface area contributed by atoms with Gasteiger partial charge in [-0.25, -0.2) is 19.2 Å². The third-order valence-corrected chi connectivity index (χ3v) is 2.75. The quantitative estimate of drug-likeness (QED) is 0.764. The highest BCUT2D eigenvalue weighted by Gasteiger charge is 2.15. The number of carboxylic acids is 1. The fraction of sp³-hybridized carbons (Fsp3) is 0. The van der Waals surface area contributed by atoms with Gasteiger partial charge in [-0.3, -0.25) is 4.40 Å².